The van der Waals surface area contributed by atoms with Crippen LogP contribution in [0.15, 0.2) is 35.1 Å². The summed E-state index contributed by atoms with van der Waals surface area (Å²) in [6.07, 6.45) is 3.47. The number of aromatic amines is 1. The van der Waals surface area contributed by atoms with Crippen LogP contribution in [0.1, 0.15) is 0 Å². The molecule has 14 heavy (non-hydrogen) atoms. The van der Waals surface area contributed by atoms with Gasteiger partial charge >= 0.3 is 0 Å². The van der Waals surface area contributed by atoms with E-state index >= 15 is 0 Å². The van der Waals surface area contributed by atoms with E-state index < -0.39 is 0 Å². The minimum atomic E-state index is -0.300. The number of halogens is 2. The molecule has 1 heterocycles. The summed E-state index contributed by atoms with van der Waals surface area (Å²) in [5, 5.41) is 0. The Bertz CT molecular complexity index is 518. The average Bonchev–Trinajstić information content (AvgIpc) is 2.57. The van der Waals surface area contributed by atoms with E-state index in [1.807, 2.05) is 0 Å². The Morgan fingerprint density at radius 3 is 2.79 bits per heavy atom. The third kappa shape index (κ3) is 1.65. The van der Waals surface area contributed by atoms with Crippen molar-refractivity contribution in [1.29, 1.82) is 0 Å². The van der Waals surface area contributed by atoms with Crippen LogP contribution in [0.5, 0.6) is 0 Å². The highest BCUT2D eigenvalue weighted by molar-refractivity contribution is 9.10. The molecule has 1 aromatic heterocycles. The molecule has 0 aliphatic heterocycles. The molecule has 2 aromatic rings. The van der Waals surface area contributed by atoms with Gasteiger partial charge in [0.1, 0.15) is 5.82 Å². The Balaban J connectivity index is 2.59. The molecule has 0 unspecified atom stereocenters. The van der Waals surface area contributed by atoms with Gasteiger partial charge in [0.25, 0.3) is 0 Å². The van der Waals surface area contributed by atoms with Gasteiger partial charge in [0, 0.05) is 12.4 Å². The lowest BCUT2D eigenvalue weighted by atomic mass is 10.3. The van der Waals surface area contributed by atoms with Gasteiger partial charge in [-0.3, -0.25) is 4.57 Å². The summed E-state index contributed by atoms with van der Waals surface area (Å²) < 4.78 is 15.9. The first kappa shape index (κ1) is 9.61. The maximum absolute atomic E-state index is 13.2. The Hall–Kier alpha value is -0.940. The third-order valence-corrected chi connectivity index (χ3v) is 2.79. The second-order valence-corrected chi connectivity index (χ2v) is 3.97. The summed E-state index contributed by atoms with van der Waals surface area (Å²) in [6.45, 7) is 0. The number of nitrogens with one attached hydrogen (secondary N) is 1. The van der Waals surface area contributed by atoms with Crippen LogP contribution in [-0.4, -0.2) is 9.55 Å². The highest BCUT2D eigenvalue weighted by Crippen LogP contribution is 2.18. The summed E-state index contributed by atoms with van der Waals surface area (Å²) in [7, 11) is 0. The van der Waals surface area contributed by atoms with Crippen molar-refractivity contribution in [3.05, 3.63) is 45.7 Å². The van der Waals surface area contributed by atoms with Gasteiger partial charge in [-0.05, 0) is 46.3 Å². The minimum absolute atomic E-state index is 0.300. The Kier molecular flexibility index (Phi) is 2.52. The van der Waals surface area contributed by atoms with Crippen LogP contribution in [0.2, 0.25) is 0 Å². The van der Waals surface area contributed by atoms with Gasteiger partial charge in [-0.1, -0.05) is 0 Å². The monoisotopic (exact) mass is 272 g/mol. The molecular weight excluding hydrogens is 267 g/mol. The van der Waals surface area contributed by atoms with Crippen LogP contribution in [0, 0.1) is 10.6 Å². The van der Waals surface area contributed by atoms with Crippen molar-refractivity contribution in [1.82, 2.24) is 9.55 Å². The molecule has 0 spiro atoms. The molecule has 0 saturated heterocycles. The van der Waals surface area contributed by atoms with E-state index in [1.165, 1.54) is 6.07 Å². The first-order chi connectivity index (χ1) is 6.68. The zero-order chi connectivity index (χ0) is 10.1. The van der Waals surface area contributed by atoms with E-state index in [0.29, 0.717) is 14.9 Å². The van der Waals surface area contributed by atoms with Crippen molar-refractivity contribution in [2.45, 2.75) is 0 Å². The molecule has 0 radical (unpaired) electrons. The smallest absolute Gasteiger partial charge is 0.181 e. The largest absolute Gasteiger partial charge is 0.337 e. The molecule has 0 amide bonds. The van der Waals surface area contributed by atoms with Crippen LogP contribution >= 0.6 is 28.1 Å². The minimum Gasteiger partial charge on any atom is -0.337 e. The highest BCUT2D eigenvalue weighted by Gasteiger charge is 2.02. The number of benzene rings is 1. The lowest BCUT2D eigenvalue weighted by Crippen LogP contribution is -1.93. The van der Waals surface area contributed by atoms with Gasteiger partial charge in [-0.15, -0.1) is 0 Å². The second kappa shape index (κ2) is 3.67. The van der Waals surface area contributed by atoms with Gasteiger partial charge < -0.3 is 4.98 Å². The molecular formula is C9H6BrFN2S. The fraction of sp³-hybridized carbons (Fsp3) is 0. The highest BCUT2D eigenvalue weighted by atomic mass is 79.9. The molecule has 0 aliphatic rings. The summed E-state index contributed by atoms with van der Waals surface area (Å²) >= 11 is 8.11. The lowest BCUT2D eigenvalue weighted by molar-refractivity contribution is 0.620. The molecule has 0 atom stereocenters. The Morgan fingerprint density at radius 1 is 1.43 bits per heavy atom. The van der Waals surface area contributed by atoms with Crippen LogP contribution in [-0.2, 0) is 0 Å². The number of nitrogens with zero attached hydrogens (tertiary/aromatic N) is 1. The molecule has 2 nitrogen and oxygen atoms in total. The quantitative estimate of drug-likeness (QED) is 0.789. The van der Waals surface area contributed by atoms with Crippen molar-refractivity contribution in [2.24, 2.45) is 0 Å². The van der Waals surface area contributed by atoms with Gasteiger partial charge in [0.2, 0.25) is 0 Å². The molecule has 1 N–H and O–H groups in total. The molecule has 2 rings (SSSR count). The average molecular weight is 273 g/mol. The standard InChI is InChI=1S/C9H6BrFN2S/c10-7-2-1-6(5-8(7)11)13-4-3-12-9(13)14/h1-5H,(H,12,14). The topological polar surface area (TPSA) is 20.7 Å². The third-order valence-electron chi connectivity index (χ3n) is 1.83. The first-order valence-electron chi connectivity index (χ1n) is 3.90. The van der Waals surface area contributed by atoms with E-state index in [4.69, 9.17) is 12.2 Å². The van der Waals surface area contributed by atoms with Gasteiger partial charge in [0.15, 0.2) is 4.77 Å². The van der Waals surface area contributed by atoms with Crippen molar-refractivity contribution in [2.75, 3.05) is 0 Å². The normalized spacial score (nSPS) is 10.4. The van der Waals surface area contributed by atoms with Gasteiger partial charge in [-0.25, -0.2) is 4.39 Å². The Labute approximate surface area is 93.5 Å². The van der Waals surface area contributed by atoms with E-state index in [-0.39, 0.29) is 5.82 Å². The zero-order valence-electron chi connectivity index (χ0n) is 7.00. The van der Waals surface area contributed by atoms with E-state index in [1.54, 1.807) is 29.1 Å². The van der Waals surface area contributed by atoms with Crippen molar-refractivity contribution < 1.29 is 4.39 Å². The molecule has 72 valence electrons. The van der Waals surface area contributed by atoms with E-state index in [0.717, 1.165) is 0 Å². The number of H-pyrrole nitrogens is 1. The summed E-state index contributed by atoms with van der Waals surface area (Å²) in [6, 6.07) is 4.87. The maximum atomic E-state index is 13.2. The maximum Gasteiger partial charge on any atom is 0.181 e. The predicted molar refractivity (Wildman–Crippen MR) is 58.6 cm³/mol. The Morgan fingerprint density at radius 2 is 2.21 bits per heavy atom. The predicted octanol–water partition coefficient (Wildman–Crippen LogP) is 3.44. The first-order valence-corrected chi connectivity index (χ1v) is 5.10. The number of rotatable bonds is 1. The van der Waals surface area contributed by atoms with E-state index in [2.05, 4.69) is 20.9 Å². The lowest BCUT2D eigenvalue weighted by Gasteiger charge is -2.02. The van der Waals surface area contributed by atoms with Crippen LogP contribution in [0.3, 0.4) is 0 Å². The van der Waals surface area contributed by atoms with Crippen LogP contribution in [0.25, 0.3) is 5.69 Å². The van der Waals surface area contributed by atoms with Crippen molar-refractivity contribution in [3.8, 4) is 5.69 Å². The fourth-order valence-corrected chi connectivity index (χ4v) is 1.64. The number of aromatic nitrogens is 2. The number of imidazole rings is 1. The summed E-state index contributed by atoms with van der Waals surface area (Å²) in [4.78, 5) is 2.84. The second-order valence-electron chi connectivity index (χ2n) is 2.73. The molecule has 5 heteroatoms. The zero-order valence-corrected chi connectivity index (χ0v) is 9.40. The number of hydrogen-bond acceptors (Lipinski definition) is 1. The van der Waals surface area contributed by atoms with Crippen LogP contribution in [0.4, 0.5) is 4.39 Å². The number of hydrogen-bond donors (Lipinski definition) is 1. The van der Waals surface area contributed by atoms with Gasteiger partial charge in [-0.2, -0.15) is 0 Å². The SMILES string of the molecule is Fc1cc(-n2cc[nH]c2=S)ccc1Br. The molecule has 0 saturated carbocycles. The molecule has 1 aromatic carbocycles. The van der Waals surface area contributed by atoms with Crippen LogP contribution < -0.4 is 0 Å². The van der Waals surface area contributed by atoms with Crippen molar-refractivity contribution >= 4 is 28.1 Å². The summed E-state index contributed by atoms with van der Waals surface area (Å²) in [5.41, 5.74) is 0.706. The molecule has 0 aliphatic carbocycles. The van der Waals surface area contributed by atoms with Crippen molar-refractivity contribution in [3.63, 3.8) is 0 Å². The van der Waals surface area contributed by atoms with Gasteiger partial charge in [0.05, 0.1) is 10.2 Å². The summed E-state index contributed by atoms with van der Waals surface area (Å²) in [5.74, 6) is -0.300. The molecule has 0 fully saturated rings. The fourth-order valence-electron chi connectivity index (χ4n) is 1.16. The van der Waals surface area contributed by atoms with E-state index in [9.17, 15) is 4.39 Å². The molecule has 0 bridgehead atoms.